The van der Waals surface area contributed by atoms with Crippen LogP contribution in [0, 0.1) is 17.0 Å². The molecule has 2 aromatic heterocycles. The van der Waals surface area contributed by atoms with Crippen molar-refractivity contribution < 1.29 is 14.8 Å². The summed E-state index contributed by atoms with van der Waals surface area (Å²) in [6.07, 6.45) is 3.50. The topological polar surface area (TPSA) is 130 Å². The maximum atomic E-state index is 11.9. The van der Waals surface area contributed by atoms with Gasteiger partial charge in [-0.3, -0.25) is 10.1 Å². The number of carboxylic acid groups (broad SMARTS) is 1. The van der Waals surface area contributed by atoms with Crippen LogP contribution in [0.4, 0.5) is 23.0 Å². The van der Waals surface area contributed by atoms with E-state index in [1.165, 1.54) is 6.07 Å². The second kappa shape index (κ2) is 11.3. The minimum Gasteiger partial charge on any atom is -0.478 e. The van der Waals surface area contributed by atoms with Crippen molar-refractivity contribution in [1.82, 2.24) is 19.4 Å². The van der Waals surface area contributed by atoms with E-state index in [2.05, 4.69) is 15.3 Å². The number of nitrogens with one attached hydrogen (secondary N) is 1. The number of hydrogen-bond donors (Lipinski definition) is 2. The fourth-order valence-electron chi connectivity index (χ4n) is 4.15. The van der Waals surface area contributed by atoms with Crippen molar-refractivity contribution in [1.29, 1.82) is 0 Å². The lowest BCUT2D eigenvalue weighted by atomic mass is 10.1. The van der Waals surface area contributed by atoms with Gasteiger partial charge in [0.2, 0.25) is 5.95 Å². The Balaban J connectivity index is 0.00000400. The highest BCUT2D eigenvalue weighted by molar-refractivity contribution is 5.99. The molecule has 0 aliphatic carbocycles. The van der Waals surface area contributed by atoms with Crippen molar-refractivity contribution in [2.75, 3.05) is 44.4 Å². The van der Waals surface area contributed by atoms with Crippen molar-refractivity contribution in [2.24, 2.45) is 7.05 Å². The predicted octanol–water partition coefficient (Wildman–Crippen LogP) is 4.93. The zero-order valence-electron chi connectivity index (χ0n) is 21.4. The van der Waals surface area contributed by atoms with Gasteiger partial charge in [-0.05, 0) is 50.8 Å². The quantitative estimate of drug-likeness (QED) is 0.233. The minimum atomic E-state index is -0.988. The molecule has 2 aromatic carbocycles. The number of carboxylic acids is 1. The van der Waals surface area contributed by atoms with Crippen molar-refractivity contribution in [3.63, 3.8) is 0 Å². The first-order valence-electron chi connectivity index (χ1n) is 11.6. The van der Waals surface area contributed by atoms with Crippen LogP contribution in [0.1, 0.15) is 23.3 Å². The Kier molecular flexibility index (Phi) is 8.32. The van der Waals surface area contributed by atoms with E-state index >= 15 is 0 Å². The Morgan fingerprint density at radius 2 is 1.89 bits per heavy atom. The van der Waals surface area contributed by atoms with Gasteiger partial charge in [-0.1, -0.05) is 13.5 Å². The molecule has 11 heteroatoms. The zero-order chi connectivity index (χ0) is 26.9. The molecule has 200 valence electrons. The lowest BCUT2D eigenvalue weighted by Gasteiger charge is -2.22. The highest BCUT2D eigenvalue weighted by Gasteiger charge is 2.21. The molecule has 0 unspecified atom stereocenters. The summed E-state index contributed by atoms with van der Waals surface area (Å²) in [4.78, 5) is 35.7. The summed E-state index contributed by atoms with van der Waals surface area (Å²) in [5.41, 5.74) is 4.32. The van der Waals surface area contributed by atoms with E-state index in [0.29, 0.717) is 29.6 Å². The Hall–Kier alpha value is -4.51. The van der Waals surface area contributed by atoms with Crippen LogP contribution in [0.15, 0.2) is 48.8 Å². The maximum absolute atomic E-state index is 11.9. The van der Waals surface area contributed by atoms with E-state index in [4.69, 9.17) is 0 Å². The molecule has 0 bridgehead atoms. The van der Waals surface area contributed by atoms with Crippen LogP contribution in [0.5, 0.6) is 0 Å². The smallest absolute Gasteiger partial charge is 0.335 e. The molecule has 0 fully saturated rings. The average molecular weight is 520 g/mol. The maximum Gasteiger partial charge on any atom is 0.335 e. The summed E-state index contributed by atoms with van der Waals surface area (Å²) in [6, 6.07) is 10.0. The first kappa shape index (κ1) is 28.1. The summed E-state index contributed by atoms with van der Waals surface area (Å²) >= 11 is 0. The highest BCUT2D eigenvalue weighted by Crippen LogP contribution is 2.35. The molecule has 0 aliphatic rings. The second-order valence-corrected chi connectivity index (χ2v) is 9.22. The number of carbonyl (C=O) groups is 1. The molecule has 4 rings (SSSR count). The van der Waals surface area contributed by atoms with Gasteiger partial charge in [0.1, 0.15) is 5.69 Å². The Labute approximate surface area is 221 Å². The predicted molar refractivity (Wildman–Crippen MR) is 151 cm³/mol. The molecular weight excluding hydrogens is 486 g/mol. The molecule has 2 heterocycles. The largest absolute Gasteiger partial charge is 0.478 e. The molecular formula is C27H33N7O4. The Bertz CT molecular complexity index is 1500. The number of nitrogens with zero attached hydrogens (tertiary/aromatic N) is 6. The standard InChI is InChI=1S/C26H29N7O4.CH4/c1-16-12-23(31(4)11-10-30(2)3)24(33(36)37)14-21(16)29-26-27-9-8-20(28-26)19-15-32(5)22-13-17(25(34)35)6-7-18(19)22;/h6-9,12-15H,10-11H2,1-5H3,(H,34,35)(H,27,28,29);1H4. The number of anilines is 3. The van der Waals surface area contributed by atoms with E-state index in [0.717, 1.165) is 28.6 Å². The van der Waals surface area contributed by atoms with Crippen molar-refractivity contribution >= 4 is 39.9 Å². The fourth-order valence-corrected chi connectivity index (χ4v) is 4.15. The molecule has 0 radical (unpaired) electrons. The molecule has 38 heavy (non-hydrogen) atoms. The number of nitro benzene ring substituents is 1. The lowest BCUT2D eigenvalue weighted by Crippen LogP contribution is -2.29. The summed E-state index contributed by atoms with van der Waals surface area (Å²) in [6.45, 7) is 3.28. The van der Waals surface area contributed by atoms with Crippen molar-refractivity contribution in [2.45, 2.75) is 14.4 Å². The first-order chi connectivity index (χ1) is 17.5. The van der Waals surface area contributed by atoms with Gasteiger partial charge in [0.05, 0.1) is 21.9 Å². The van der Waals surface area contributed by atoms with Crippen LogP contribution < -0.4 is 10.2 Å². The number of likely N-dealkylation sites (N-methyl/N-ethyl adjacent to an activating group) is 2. The monoisotopic (exact) mass is 519 g/mol. The summed E-state index contributed by atoms with van der Waals surface area (Å²) in [5.74, 6) is -0.694. The molecule has 0 aliphatic heterocycles. The average Bonchev–Trinajstić information content (AvgIpc) is 3.19. The van der Waals surface area contributed by atoms with Crippen LogP contribution >= 0.6 is 0 Å². The number of rotatable bonds is 9. The third-order valence-electron chi connectivity index (χ3n) is 6.23. The molecule has 0 atom stereocenters. The molecule has 0 saturated carbocycles. The van der Waals surface area contributed by atoms with Gasteiger partial charge >= 0.3 is 5.97 Å². The molecule has 0 amide bonds. The van der Waals surface area contributed by atoms with Gasteiger partial charge in [-0.25, -0.2) is 14.8 Å². The van der Waals surface area contributed by atoms with Crippen LogP contribution in [-0.2, 0) is 7.05 Å². The molecule has 11 nitrogen and oxygen atoms in total. The lowest BCUT2D eigenvalue weighted by molar-refractivity contribution is -0.384. The fraction of sp³-hybridized carbons (Fsp3) is 0.296. The number of hydrogen-bond acceptors (Lipinski definition) is 8. The SMILES string of the molecule is C.Cc1cc(N(C)CCN(C)C)c([N+](=O)[O-])cc1Nc1nccc(-c2cn(C)c3cc(C(=O)O)ccc23)n1. The van der Waals surface area contributed by atoms with E-state index < -0.39 is 5.97 Å². The number of benzene rings is 2. The normalized spacial score (nSPS) is 10.9. The number of nitro groups is 1. The molecule has 0 spiro atoms. The summed E-state index contributed by atoms with van der Waals surface area (Å²) in [7, 11) is 7.60. The molecule has 4 aromatic rings. The van der Waals surface area contributed by atoms with Crippen LogP contribution in [0.2, 0.25) is 0 Å². The number of aromatic nitrogens is 3. The number of aryl methyl sites for hydroxylation is 2. The van der Waals surface area contributed by atoms with Crippen LogP contribution in [0.25, 0.3) is 22.2 Å². The second-order valence-electron chi connectivity index (χ2n) is 9.22. The Morgan fingerprint density at radius 1 is 1.16 bits per heavy atom. The van der Waals surface area contributed by atoms with Crippen molar-refractivity contribution in [3.05, 3.63) is 70.0 Å². The van der Waals surface area contributed by atoms with E-state index in [-0.39, 0.29) is 23.6 Å². The van der Waals surface area contributed by atoms with E-state index in [1.807, 2.05) is 55.7 Å². The summed E-state index contributed by atoms with van der Waals surface area (Å²) < 4.78 is 1.85. The summed E-state index contributed by atoms with van der Waals surface area (Å²) in [5, 5.41) is 25.2. The molecule has 0 saturated heterocycles. The Morgan fingerprint density at radius 3 is 2.55 bits per heavy atom. The van der Waals surface area contributed by atoms with Gasteiger partial charge in [-0.15, -0.1) is 0 Å². The molecule has 2 N–H and O–H groups in total. The van der Waals surface area contributed by atoms with Gasteiger partial charge in [0.15, 0.2) is 0 Å². The van der Waals surface area contributed by atoms with Gasteiger partial charge in [-0.2, -0.15) is 0 Å². The third kappa shape index (κ3) is 5.73. The van der Waals surface area contributed by atoms with Gasteiger partial charge in [0.25, 0.3) is 5.69 Å². The minimum absolute atomic E-state index is 0. The van der Waals surface area contributed by atoms with Crippen molar-refractivity contribution in [3.8, 4) is 11.3 Å². The van der Waals surface area contributed by atoms with Gasteiger partial charge < -0.3 is 24.8 Å². The first-order valence-corrected chi connectivity index (χ1v) is 11.6. The van der Waals surface area contributed by atoms with Gasteiger partial charge in [0, 0.05) is 62.1 Å². The number of fused-ring (bicyclic) bond motifs is 1. The highest BCUT2D eigenvalue weighted by atomic mass is 16.6. The van der Waals surface area contributed by atoms with Crippen LogP contribution in [0.3, 0.4) is 0 Å². The number of aromatic carboxylic acids is 1. The van der Waals surface area contributed by atoms with E-state index in [9.17, 15) is 20.0 Å². The van der Waals surface area contributed by atoms with Crippen LogP contribution in [-0.4, -0.2) is 69.7 Å². The zero-order valence-corrected chi connectivity index (χ0v) is 21.4. The van der Waals surface area contributed by atoms with E-state index in [1.54, 1.807) is 36.5 Å². The third-order valence-corrected chi connectivity index (χ3v) is 6.23.